The van der Waals surface area contributed by atoms with Crippen molar-refractivity contribution in [1.82, 2.24) is 9.21 Å². The SMILES string of the molecule is COC(=O)c1ccc(S(=O)(=O)N2CCN([C@H](C#N)c3ccccc3)CC2)cc1. The highest BCUT2D eigenvalue weighted by atomic mass is 32.2. The van der Waals surface area contributed by atoms with E-state index in [1.54, 1.807) is 0 Å². The summed E-state index contributed by atoms with van der Waals surface area (Å²) in [5.74, 6) is -0.513. The average molecular weight is 399 g/mol. The molecule has 1 aliphatic rings. The van der Waals surface area contributed by atoms with Gasteiger partial charge in [0.15, 0.2) is 0 Å². The number of nitrogens with zero attached hydrogens (tertiary/aromatic N) is 3. The monoisotopic (exact) mass is 399 g/mol. The normalized spacial score (nSPS) is 16.9. The van der Waals surface area contributed by atoms with E-state index in [9.17, 15) is 18.5 Å². The summed E-state index contributed by atoms with van der Waals surface area (Å²) in [6.07, 6.45) is 0. The van der Waals surface area contributed by atoms with Gasteiger partial charge < -0.3 is 4.74 Å². The Bertz CT molecular complexity index is 961. The van der Waals surface area contributed by atoms with Crippen LogP contribution in [0.1, 0.15) is 22.0 Å². The van der Waals surface area contributed by atoms with E-state index in [-0.39, 0.29) is 4.90 Å². The second-order valence-electron chi connectivity index (χ2n) is 6.40. The Kier molecular flexibility index (Phi) is 6.09. The molecule has 0 amide bonds. The molecule has 0 aliphatic carbocycles. The third-order valence-corrected chi connectivity index (χ3v) is 6.70. The van der Waals surface area contributed by atoms with Crippen molar-refractivity contribution in [3.05, 3.63) is 65.7 Å². The van der Waals surface area contributed by atoms with E-state index in [0.29, 0.717) is 31.7 Å². The Morgan fingerprint density at radius 2 is 1.64 bits per heavy atom. The largest absolute Gasteiger partial charge is 0.465 e. The van der Waals surface area contributed by atoms with Crippen molar-refractivity contribution in [2.45, 2.75) is 10.9 Å². The van der Waals surface area contributed by atoms with Crippen LogP contribution in [-0.4, -0.2) is 56.9 Å². The minimum atomic E-state index is -3.66. The molecule has 3 rings (SSSR count). The molecule has 146 valence electrons. The maximum Gasteiger partial charge on any atom is 0.337 e. The Balaban J connectivity index is 1.70. The van der Waals surface area contributed by atoms with Gasteiger partial charge in [0.1, 0.15) is 6.04 Å². The minimum Gasteiger partial charge on any atom is -0.465 e. The number of sulfonamides is 1. The van der Waals surface area contributed by atoms with Crippen molar-refractivity contribution in [3.8, 4) is 6.07 Å². The van der Waals surface area contributed by atoms with Gasteiger partial charge in [-0.1, -0.05) is 30.3 Å². The van der Waals surface area contributed by atoms with Crippen LogP contribution in [0.5, 0.6) is 0 Å². The molecule has 0 unspecified atom stereocenters. The molecule has 0 radical (unpaired) electrons. The number of carbonyl (C=O) groups is 1. The topological polar surface area (TPSA) is 90.7 Å². The summed E-state index contributed by atoms with van der Waals surface area (Å²) in [7, 11) is -2.39. The molecule has 28 heavy (non-hydrogen) atoms. The van der Waals surface area contributed by atoms with Gasteiger partial charge in [0.2, 0.25) is 10.0 Å². The van der Waals surface area contributed by atoms with Crippen LogP contribution < -0.4 is 0 Å². The number of hydrogen-bond donors (Lipinski definition) is 0. The van der Waals surface area contributed by atoms with Gasteiger partial charge in [0.05, 0.1) is 23.6 Å². The van der Waals surface area contributed by atoms with Crippen LogP contribution in [0.4, 0.5) is 0 Å². The standard InChI is InChI=1S/C20H21N3O4S/c1-27-20(24)17-7-9-18(10-8-17)28(25,26)23-13-11-22(12-14-23)19(15-21)16-5-3-2-4-6-16/h2-10,19H,11-14H2,1H3/t19-/m1/s1. The van der Waals surface area contributed by atoms with Gasteiger partial charge in [0.25, 0.3) is 0 Å². The van der Waals surface area contributed by atoms with Crippen molar-refractivity contribution < 1.29 is 17.9 Å². The van der Waals surface area contributed by atoms with Crippen molar-refractivity contribution in [1.29, 1.82) is 5.26 Å². The van der Waals surface area contributed by atoms with Gasteiger partial charge in [-0.3, -0.25) is 4.90 Å². The summed E-state index contributed by atoms with van der Waals surface area (Å²) in [4.78, 5) is 13.6. The minimum absolute atomic E-state index is 0.133. The number of methoxy groups -OCH3 is 1. The summed E-state index contributed by atoms with van der Waals surface area (Å²) in [5.41, 5.74) is 1.20. The van der Waals surface area contributed by atoms with E-state index >= 15 is 0 Å². The lowest BCUT2D eigenvalue weighted by Gasteiger charge is -2.36. The van der Waals surface area contributed by atoms with Crippen LogP contribution in [0.15, 0.2) is 59.5 Å². The van der Waals surface area contributed by atoms with Crippen LogP contribution in [0, 0.1) is 11.3 Å². The van der Waals surface area contributed by atoms with Gasteiger partial charge >= 0.3 is 5.97 Å². The first-order chi connectivity index (χ1) is 13.5. The lowest BCUT2D eigenvalue weighted by Crippen LogP contribution is -2.49. The van der Waals surface area contributed by atoms with Crippen LogP contribution in [0.3, 0.4) is 0 Å². The second-order valence-corrected chi connectivity index (χ2v) is 8.34. The predicted molar refractivity (Wildman–Crippen MR) is 103 cm³/mol. The maximum atomic E-state index is 12.9. The zero-order chi connectivity index (χ0) is 20.1. The smallest absolute Gasteiger partial charge is 0.337 e. The summed E-state index contributed by atoms with van der Waals surface area (Å²) in [6.45, 7) is 1.53. The summed E-state index contributed by atoms with van der Waals surface area (Å²) < 4.78 is 31.8. The predicted octanol–water partition coefficient (Wildman–Crippen LogP) is 2.04. The molecule has 1 saturated heterocycles. The number of benzene rings is 2. The molecule has 1 aliphatic heterocycles. The van der Waals surface area contributed by atoms with E-state index in [2.05, 4.69) is 10.8 Å². The summed E-state index contributed by atoms with van der Waals surface area (Å²) >= 11 is 0. The molecule has 1 fully saturated rings. The zero-order valence-electron chi connectivity index (χ0n) is 15.5. The second kappa shape index (κ2) is 8.52. The maximum absolute atomic E-state index is 12.9. The van der Waals surface area contributed by atoms with E-state index < -0.39 is 22.0 Å². The molecule has 8 heteroatoms. The fourth-order valence-corrected chi connectivity index (χ4v) is 4.66. The molecule has 0 spiro atoms. The summed E-state index contributed by atoms with van der Waals surface area (Å²) in [6, 6.07) is 17.1. The number of ether oxygens (including phenoxy) is 1. The third kappa shape index (κ3) is 4.07. The fourth-order valence-electron chi connectivity index (χ4n) is 3.23. The molecule has 7 nitrogen and oxygen atoms in total. The van der Waals surface area contributed by atoms with Gasteiger partial charge in [-0.05, 0) is 29.8 Å². The third-order valence-electron chi connectivity index (χ3n) is 4.79. The number of esters is 1. The Morgan fingerprint density at radius 3 is 2.18 bits per heavy atom. The highest BCUT2D eigenvalue weighted by molar-refractivity contribution is 7.89. The van der Waals surface area contributed by atoms with E-state index in [1.807, 2.05) is 35.2 Å². The number of hydrogen-bond acceptors (Lipinski definition) is 6. The van der Waals surface area contributed by atoms with Crippen LogP contribution in [-0.2, 0) is 14.8 Å². The van der Waals surface area contributed by atoms with Crippen molar-refractivity contribution in [2.24, 2.45) is 0 Å². The highest BCUT2D eigenvalue weighted by Gasteiger charge is 2.31. The summed E-state index contributed by atoms with van der Waals surface area (Å²) in [5, 5.41) is 9.57. The van der Waals surface area contributed by atoms with Crippen molar-refractivity contribution >= 4 is 16.0 Å². The van der Waals surface area contributed by atoms with Crippen molar-refractivity contribution in [3.63, 3.8) is 0 Å². The number of piperazine rings is 1. The number of carbonyl (C=O) groups excluding carboxylic acids is 1. The molecule has 0 aromatic heterocycles. The molecule has 2 aromatic carbocycles. The average Bonchev–Trinajstić information content (AvgIpc) is 2.75. The number of nitriles is 1. The number of rotatable bonds is 5. The van der Waals surface area contributed by atoms with Gasteiger partial charge in [-0.2, -0.15) is 9.57 Å². The lowest BCUT2D eigenvalue weighted by molar-refractivity contribution is 0.0600. The first kappa shape index (κ1) is 20.0. The Morgan fingerprint density at radius 1 is 1.04 bits per heavy atom. The highest BCUT2D eigenvalue weighted by Crippen LogP contribution is 2.24. The van der Waals surface area contributed by atoms with E-state index in [4.69, 9.17) is 0 Å². The molecule has 1 atom stereocenters. The molecule has 0 N–H and O–H groups in total. The molecular formula is C20H21N3O4S. The molecular weight excluding hydrogens is 378 g/mol. The van der Waals surface area contributed by atoms with Gasteiger partial charge in [-0.25, -0.2) is 13.2 Å². The van der Waals surface area contributed by atoms with Crippen LogP contribution in [0.2, 0.25) is 0 Å². The first-order valence-electron chi connectivity index (χ1n) is 8.84. The van der Waals surface area contributed by atoms with Crippen LogP contribution in [0.25, 0.3) is 0 Å². The van der Waals surface area contributed by atoms with Gasteiger partial charge in [-0.15, -0.1) is 0 Å². The molecule has 2 aromatic rings. The van der Waals surface area contributed by atoms with Gasteiger partial charge in [0, 0.05) is 26.2 Å². The Labute approximate surface area is 164 Å². The fraction of sp³-hybridized carbons (Fsp3) is 0.300. The van der Waals surface area contributed by atoms with Crippen molar-refractivity contribution in [2.75, 3.05) is 33.3 Å². The zero-order valence-corrected chi connectivity index (χ0v) is 16.3. The van der Waals surface area contributed by atoms with Crippen LogP contribution >= 0.6 is 0 Å². The molecule has 0 bridgehead atoms. The first-order valence-corrected chi connectivity index (χ1v) is 10.3. The Hall–Kier alpha value is -2.73. The quantitative estimate of drug-likeness (QED) is 0.715. The van der Waals surface area contributed by atoms with E-state index in [0.717, 1.165) is 5.56 Å². The van der Waals surface area contributed by atoms with E-state index in [1.165, 1.54) is 35.7 Å². The molecule has 1 heterocycles. The molecule has 0 saturated carbocycles. The lowest BCUT2D eigenvalue weighted by atomic mass is 10.1.